The fraction of sp³-hybridized carbons (Fsp3) is 0.481. The molecule has 0 saturated carbocycles. The fourth-order valence-electron chi connectivity index (χ4n) is 5.12. The van der Waals surface area contributed by atoms with Gasteiger partial charge in [0.1, 0.15) is 0 Å². The van der Waals surface area contributed by atoms with Crippen LogP contribution in [-0.2, 0) is 0 Å². The van der Waals surface area contributed by atoms with Gasteiger partial charge < -0.3 is 34.7 Å². The molecule has 0 aliphatic carbocycles. The molecule has 2 aliphatic heterocycles. The lowest BCUT2D eigenvalue weighted by atomic mass is 10.0. The normalized spacial score (nSPS) is 18.4. The molecule has 2 aromatic heterocycles. The monoisotopic (exact) mass is 493 g/mol. The topological polar surface area (TPSA) is 103 Å². The molecule has 3 aromatic rings. The number of pyridine rings is 1. The van der Waals surface area contributed by atoms with Crippen LogP contribution in [0.5, 0.6) is 11.8 Å². The van der Waals surface area contributed by atoms with Gasteiger partial charge in [-0.2, -0.15) is 0 Å². The van der Waals surface area contributed by atoms with Crippen molar-refractivity contribution in [2.24, 2.45) is 0 Å². The number of aromatic nitrogens is 2. The maximum Gasteiger partial charge on any atom is 0.414 e. The molecular formula is C27H35N5O4. The van der Waals surface area contributed by atoms with Gasteiger partial charge in [-0.15, -0.1) is 0 Å². The standard InChI is InChI=1S/C27H35N5O4/c1-35-25-6-5-19(18-28-25)22-3-2-4-24-23(22)17-26(30-24)36-27(34)29-20-7-11-31(12-8-20)15-16-32-13-9-21(33)10-14-32/h2-6,17-18,20-21,30,33H,7-16H2,1H3,(H,29,34). The van der Waals surface area contributed by atoms with Crippen molar-refractivity contribution in [3.8, 4) is 22.9 Å². The highest BCUT2D eigenvalue weighted by molar-refractivity contribution is 5.96. The van der Waals surface area contributed by atoms with Gasteiger partial charge in [-0.05, 0) is 43.4 Å². The third-order valence-electron chi connectivity index (χ3n) is 7.30. The maximum atomic E-state index is 12.6. The first kappa shape index (κ1) is 24.5. The summed E-state index contributed by atoms with van der Waals surface area (Å²) in [6.45, 7) is 5.98. The minimum atomic E-state index is -0.431. The van der Waals surface area contributed by atoms with Crippen molar-refractivity contribution in [2.75, 3.05) is 46.4 Å². The number of ether oxygens (including phenoxy) is 2. The zero-order valence-electron chi connectivity index (χ0n) is 20.8. The van der Waals surface area contributed by atoms with E-state index in [0.29, 0.717) is 11.8 Å². The van der Waals surface area contributed by atoms with Crippen LogP contribution in [0.15, 0.2) is 42.6 Å². The Morgan fingerprint density at radius 2 is 1.81 bits per heavy atom. The summed E-state index contributed by atoms with van der Waals surface area (Å²) in [5, 5.41) is 13.7. The summed E-state index contributed by atoms with van der Waals surface area (Å²) < 4.78 is 10.8. The summed E-state index contributed by atoms with van der Waals surface area (Å²) in [7, 11) is 1.59. The lowest BCUT2D eigenvalue weighted by Gasteiger charge is -2.35. The first-order chi connectivity index (χ1) is 17.6. The van der Waals surface area contributed by atoms with Gasteiger partial charge in [-0.25, -0.2) is 9.78 Å². The van der Waals surface area contributed by atoms with Crippen molar-refractivity contribution in [3.63, 3.8) is 0 Å². The predicted molar refractivity (Wildman–Crippen MR) is 138 cm³/mol. The summed E-state index contributed by atoms with van der Waals surface area (Å²) in [4.78, 5) is 25.0. The Morgan fingerprint density at radius 1 is 1.08 bits per heavy atom. The predicted octanol–water partition coefficient (Wildman–Crippen LogP) is 3.25. The molecule has 3 N–H and O–H groups in total. The quantitative estimate of drug-likeness (QED) is 0.464. The Morgan fingerprint density at radius 3 is 2.47 bits per heavy atom. The van der Waals surface area contributed by atoms with Gasteiger partial charge in [-0.1, -0.05) is 12.1 Å². The fourth-order valence-corrected chi connectivity index (χ4v) is 5.12. The Labute approximate surface area is 211 Å². The van der Waals surface area contributed by atoms with Crippen LogP contribution < -0.4 is 14.8 Å². The number of likely N-dealkylation sites (tertiary alicyclic amines) is 2. The second kappa shape index (κ2) is 11.3. The second-order valence-corrected chi connectivity index (χ2v) is 9.71. The van der Waals surface area contributed by atoms with E-state index in [4.69, 9.17) is 9.47 Å². The average molecular weight is 494 g/mol. The summed E-state index contributed by atoms with van der Waals surface area (Å²) in [5.74, 6) is 0.981. The minimum Gasteiger partial charge on any atom is -0.481 e. The number of amides is 1. The Kier molecular flexibility index (Phi) is 7.69. The van der Waals surface area contributed by atoms with Crippen molar-refractivity contribution in [1.29, 1.82) is 0 Å². The molecular weight excluding hydrogens is 458 g/mol. The molecule has 1 amide bonds. The number of H-pyrrole nitrogens is 1. The first-order valence-electron chi connectivity index (χ1n) is 12.8. The Balaban J connectivity index is 1.11. The lowest BCUT2D eigenvalue weighted by Crippen LogP contribution is -2.47. The molecule has 9 heteroatoms. The second-order valence-electron chi connectivity index (χ2n) is 9.71. The minimum absolute atomic E-state index is 0.115. The number of nitrogens with one attached hydrogen (secondary N) is 2. The number of fused-ring (bicyclic) bond motifs is 1. The average Bonchev–Trinajstić information content (AvgIpc) is 3.31. The van der Waals surface area contributed by atoms with E-state index in [9.17, 15) is 9.90 Å². The molecule has 2 fully saturated rings. The first-order valence-corrected chi connectivity index (χ1v) is 12.8. The molecule has 0 atom stereocenters. The molecule has 2 saturated heterocycles. The van der Waals surface area contributed by atoms with E-state index in [2.05, 4.69) is 25.1 Å². The summed E-state index contributed by atoms with van der Waals surface area (Å²) in [6, 6.07) is 11.7. The Hall–Kier alpha value is -3.14. The van der Waals surface area contributed by atoms with E-state index in [0.717, 1.165) is 87.0 Å². The third kappa shape index (κ3) is 5.98. The van der Waals surface area contributed by atoms with E-state index < -0.39 is 6.09 Å². The molecule has 0 radical (unpaired) electrons. The van der Waals surface area contributed by atoms with E-state index in [1.54, 1.807) is 13.3 Å². The highest BCUT2D eigenvalue weighted by Gasteiger charge is 2.23. The smallest absolute Gasteiger partial charge is 0.414 e. The largest absolute Gasteiger partial charge is 0.481 e. The van der Waals surface area contributed by atoms with Crippen LogP contribution in [0, 0.1) is 0 Å². The number of hydrogen-bond acceptors (Lipinski definition) is 7. The van der Waals surface area contributed by atoms with E-state index in [1.165, 1.54) is 0 Å². The molecule has 4 heterocycles. The van der Waals surface area contributed by atoms with Gasteiger partial charge in [0.15, 0.2) is 0 Å². The van der Waals surface area contributed by atoms with Crippen molar-refractivity contribution >= 4 is 17.0 Å². The van der Waals surface area contributed by atoms with Gasteiger partial charge >= 0.3 is 6.09 Å². The van der Waals surface area contributed by atoms with Gasteiger partial charge in [0.2, 0.25) is 11.8 Å². The highest BCUT2D eigenvalue weighted by Crippen LogP contribution is 2.31. The zero-order chi connectivity index (χ0) is 24.9. The molecule has 36 heavy (non-hydrogen) atoms. The van der Waals surface area contributed by atoms with Crippen molar-refractivity contribution < 1.29 is 19.4 Å². The van der Waals surface area contributed by atoms with Crippen LogP contribution in [-0.4, -0.2) is 89.5 Å². The molecule has 9 nitrogen and oxygen atoms in total. The molecule has 0 spiro atoms. The van der Waals surface area contributed by atoms with Gasteiger partial charge in [0, 0.05) is 80.1 Å². The summed E-state index contributed by atoms with van der Waals surface area (Å²) >= 11 is 0. The SMILES string of the molecule is COc1ccc(-c2cccc3[nH]c(OC(=O)NC4CCN(CCN5CCC(O)CC5)CC4)cc23)cn1. The molecule has 5 rings (SSSR count). The van der Waals surface area contributed by atoms with Crippen LogP contribution >= 0.6 is 0 Å². The highest BCUT2D eigenvalue weighted by atomic mass is 16.6. The number of piperidine rings is 2. The molecule has 0 unspecified atom stereocenters. The van der Waals surface area contributed by atoms with Crippen LogP contribution in [0.2, 0.25) is 0 Å². The number of nitrogens with zero attached hydrogens (tertiary/aromatic N) is 3. The van der Waals surface area contributed by atoms with Crippen LogP contribution in [0.25, 0.3) is 22.0 Å². The number of aliphatic hydroxyl groups is 1. The summed E-state index contributed by atoms with van der Waals surface area (Å²) in [5.41, 5.74) is 2.85. The number of hydrogen-bond donors (Lipinski definition) is 3. The number of carbonyl (C=O) groups is 1. The Bertz CT molecular complexity index is 1150. The van der Waals surface area contributed by atoms with Crippen molar-refractivity contribution in [3.05, 3.63) is 42.6 Å². The molecule has 2 aliphatic rings. The zero-order valence-corrected chi connectivity index (χ0v) is 20.8. The number of benzene rings is 1. The lowest BCUT2D eigenvalue weighted by molar-refractivity contribution is 0.0739. The number of aliphatic hydroxyl groups excluding tert-OH is 1. The van der Waals surface area contributed by atoms with E-state index >= 15 is 0 Å². The van der Waals surface area contributed by atoms with E-state index in [1.807, 2.05) is 36.4 Å². The van der Waals surface area contributed by atoms with Crippen molar-refractivity contribution in [2.45, 2.75) is 37.8 Å². The maximum absolute atomic E-state index is 12.6. The molecule has 192 valence electrons. The molecule has 0 bridgehead atoms. The van der Waals surface area contributed by atoms with Crippen LogP contribution in [0.4, 0.5) is 4.79 Å². The van der Waals surface area contributed by atoms with Crippen LogP contribution in [0.1, 0.15) is 25.7 Å². The van der Waals surface area contributed by atoms with E-state index in [-0.39, 0.29) is 12.1 Å². The number of aromatic amines is 1. The molecule has 1 aromatic carbocycles. The number of carbonyl (C=O) groups excluding carboxylic acids is 1. The number of rotatable bonds is 7. The number of methoxy groups -OCH3 is 1. The summed E-state index contributed by atoms with van der Waals surface area (Å²) in [6.07, 6.45) is 4.80. The van der Waals surface area contributed by atoms with Gasteiger partial charge in [0.05, 0.1) is 13.2 Å². The van der Waals surface area contributed by atoms with Crippen molar-refractivity contribution in [1.82, 2.24) is 25.1 Å². The van der Waals surface area contributed by atoms with Gasteiger partial charge in [-0.3, -0.25) is 0 Å². The van der Waals surface area contributed by atoms with Gasteiger partial charge in [0.25, 0.3) is 0 Å². The van der Waals surface area contributed by atoms with Crippen LogP contribution in [0.3, 0.4) is 0 Å². The third-order valence-corrected chi connectivity index (χ3v) is 7.30.